The van der Waals surface area contributed by atoms with Gasteiger partial charge in [-0.2, -0.15) is 0 Å². The molecule has 3 aromatic rings. The Hall–Kier alpha value is -2.73. The second-order valence-electron chi connectivity index (χ2n) is 8.14. The summed E-state index contributed by atoms with van der Waals surface area (Å²) in [5, 5.41) is 0. The molecule has 1 N–H and O–H groups in total. The fraction of sp³-hybridized carbons (Fsp3) is 0.435. The first-order chi connectivity index (χ1) is 14.2. The molecule has 6 heteroatoms. The maximum Gasteiger partial charge on any atom is 0.326 e. The minimum Gasteiger partial charge on any atom is -0.493 e. The average Bonchev–Trinajstić information content (AvgIpc) is 3.08. The number of H-pyrrole nitrogens is 1. The topological polar surface area (TPSA) is 59.5 Å². The average molecular weight is 393 g/mol. The van der Waals surface area contributed by atoms with Crippen LogP contribution in [0.25, 0.3) is 11.0 Å². The summed E-state index contributed by atoms with van der Waals surface area (Å²) in [6.45, 7) is 3.15. The van der Waals surface area contributed by atoms with E-state index in [1.807, 2.05) is 41.0 Å². The van der Waals surface area contributed by atoms with Crippen LogP contribution >= 0.6 is 0 Å². The molecule has 0 bridgehead atoms. The zero-order valence-electron chi connectivity index (χ0n) is 16.9. The molecule has 1 aromatic heterocycles. The van der Waals surface area contributed by atoms with E-state index in [1.54, 1.807) is 7.11 Å². The van der Waals surface area contributed by atoms with Crippen molar-refractivity contribution in [1.29, 1.82) is 0 Å². The number of hydrogen-bond donors (Lipinski definition) is 1. The number of para-hydroxylation sites is 3. The molecule has 152 valence electrons. The summed E-state index contributed by atoms with van der Waals surface area (Å²) >= 11 is 0. The number of benzene rings is 2. The molecule has 2 aliphatic rings. The SMILES string of the molecule is COc1cccc2c1OC(N1CCC(n3c(=O)[nH]c4ccccc43)CC1C)CC2. The maximum absolute atomic E-state index is 12.6. The van der Waals surface area contributed by atoms with Gasteiger partial charge in [0.2, 0.25) is 0 Å². The van der Waals surface area contributed by atoms with Gasteiger partial charge in [0.05, 0.1) is 18.1 Å². The number of aryl methyl sites for hydroxylation is 1. The highest BCUT2D eigenvalue weighted by molar-refractivity contribution is 5.75. The Morgan fingerprint density at radius 1 is 1.14 bits per heavy atom. The molecule has 0 radical (unpaired) electrons. The molecule has 5 rings (SSSR count). The highest BCUT2D eigenvalue weighted by atomic mass is 16.5. The lowest BCUT2D eigenvalue weighted by atomic mass is 9.95. The van der Waals surface area contributed by atoms with Crippen molar-refractivity contribution in [3.63, 3.8) is 0 Å². The lowest BCUT2D eigenvalue weighted by Gasteiger charge is -2.43. The van der Waals surface area contributed by atoms with Gasteiger partial charge in [0.1, 0.15) is 0 Å². The van der Waals surface area contributed by atoms with Crippen LogP contribution in [0, 0.1) is 0 Å². The van der Waals surface area contributed by atoms with Crippen LogP contribution in [0.5, 0.6) is 11.5 Å². The first kappa shape index (κ1) is 18.3. The number of nitrogens with one attached hydrogen (secondary N) is 1. The number of nitrogens with zero attached hydrogens (tertiary/aromatic N) is 2. The summed E-state index contributed by atoms with van der Waals surface area (Å²) in [7, 11) is 1.69. The zero-order valence-corrected chi connectivity index (χ0v) is 16.9. The van der Waals surface area contributed by atoms with Crippen molar-refractivity contribution < 1.29 is 9.47 Å². The molecule has 0 saturated carbocycles. The summed E-state index contributed by atoms with van der Waals surface area (Å²) < 4.78 is 13.9. The van der Waals surface area contributed by atoms with Crippen molar-refractivity contribution in [3.05, 3.63) is 58.5 Å². The monoisotopic (exact) mass is 393 g/mol. The van der Waals surface area contributed by atoms with Gasteiger partial charge < -0.3 is 14.5 Å². The van der Waals surface area contributed by atoms with E-state index in [2.05, 4.69) is 22.9 Å². The quantitative estimate of drug-likeness (QED) is 0.737. The van der Waals surface area contributed by atoms with Gasteiger partial charge in [-0.15, -0.1) is 0 Å². The third kappa shape index (κ3) is 3.12. The van der Waals surface area contributed by atoms with Gasteiger partial charge >= 0.3 is 5.69 Å². The number of methoxy groups -OCH3 is 1. The number of aromatic nitrogens is 2. The molecule has 2 aromatic carbocycles. The van der Waals surface area contributed by atoms with E-state index >= 15 is 0 Å². The molecule has 3 heterocycles. The standard InChI is InChI=1S/C23H27N3O3/c1-15-14-17(26-19-8-4-3-7-18(19)24-23(26)27)12-13-25(15)21-11-10-16-6-5-9-20(28-2)22(16)29-21/h3-9,15,17,21H,10-14H2,1-2H3,(H,24,27). The van der Waals surface area contributed by atoms with Crippen LogP contribution in [-0.2, 0) is 6.42 Å². The second kappa shape index (κ2) is 7.26. The van der Waals surface area contributed by atoms with Gasteiger partial charge in [0, 0.05) is 25.0 Å². The summed E-state index contributed by atoms with van der Waals surface area (Å²) in [5.74, 6) is 1.69. The molecular formula is C23H27N3O3. The fourth-order valence-electron chi connectivity index (χ4n) is 5.02. The first-order valence-corrected chi connectivity index (χ1v) is 10.4. The van der Waals surface area contributed by atoms with Gasteiger partial charge in [0.25, 0.3) is 0 Å². The Balaban J connectivity index is 1.36. The summed E-state index contributed by atoms with van der Waals surface area (Å²) in [5.41, 5.74) is 3.11. The summed E-state index contributed by atoms with van der Waals surface area (Å²) in [6.07, 6.45) is 3.88. The number of likely N-dealkylation sites (tertiary alicyclic amines) is 1. The minimum absolute atomic E-state index is 0.00979. The van der Waals surface area contributed by atoms with Gasteiger partial charge in [-0.1, -0.05) is 24.3 Å². The van der Waals surface area contributed by atoms with Gasteiger partial charge in [-0.3, -0.25) is 9.47 Å². The summed E-state index contributed by atoms with van der Waals surface area (Å²) in [4.78, 5) is 18.0. The van der Waals surface area contributed by atoms with Gasteiger partial charge in [0.15, 0.2) is 17.7 Å². The zero-order chi connectivity index (χ0) is 20.0. The van der Waals surface area contributed by atoms with E-state index in [0.717, 1.165) is 54.8 Å². The van der Waals surface area contributed by atoms with Crippen LogP contribution in [0.3, 0.4) is 0 Å². The van der Waals surface area contributed by atoms with Crippen LogP contribution in [0.1, 0.15) is 37.8 Å². The molecule has 3 unspecified atom stereocenters. The van der Waals surface area contributed by atoms with Crippen molar-refractivity contribution in [2.75, 3.05) is 13.7 Å². The van der Waals surface area contributed by atoms with Crippen LogP contribution in [0.15, 0.2) is 47.3 Å². The number of rotatable bonds is 3. The largest absolute Gasteiger partial charge is 0.493 e. The van der Waals surface area contributed by atoms with E-state index in [9.17, 15) is 4.79 Å². The van der Waals surface area contributed by atoms with Crippen molar-refractivity contribution in [3.8, 4) is 11.5 Å². The maximum atomic E-state index is 12.6. The minimum atomic E-state index is -0.00979. The molecule has 3 atom stereocenters. The molecule has 0 spiro atoms. The van der Waals surface area contributed by atoms with E-state index < -0.39 is 0 Å². The fourth-order valence-corrected chi connectivity index (χ4v) is 5.02. The van der Waals surface area contributed by atoms with Crippen LogP contribution in [0.2, 0.25) is 0 Å². The molecule has 2 aliphatic heterocycles. The number of aromatic amines is 1. The Morgan fingerprint density at radius 3 is 2.83 bits per heavy atom. The lowest BCUT2D eigenvalue weighted by molar-refractivity contribution is -0.0393. The third-order valence-electron chi connectivity index (χ3n) is 6.45. The number of ether oxygens (including phenoxy) is 2. The van der Waals surface area contributed by atoms with Crippen LogP contribution in [-0.4, -0.2) is 40.4 Å². The van der Waals surface area contributed by atoms with Gasteiger partial charge in [-0.25, -0.2) is 4.79 Å². The molecule has 1 fully saturated rings. The van der Waals surface area contributed by atoms with E-state index in [1.165, 1.54) is 5.56 Å². The molecule has 29 heavy (non-hydrogen) atoms. The van der Waals surface area contributed by atoms with Crippen molar-refractivity contribution >= 4 is 11.0 Å². The Bertz CT molecular complexity index is 1070. The summed E-state index contributed by atoms with van der Waals surface area (Å²) in [6, 6.07) is 14.6. The molecule has 0 amide bonds. The Kier molecular flexibility index (Phi) is 4.59. The first-order valence-electron chi connectivity index (χ1n) is 10.4. The predicted molar refractivity (Wildman–Crippen MR) is 113 cm³/mol. The molecular weight excluding hydrogens is 366 g/mol. The number of hydrogen-bond acceptors (Lipinski definition) is 4. The number of piperidine rings is 1. The third-order valence-corrected chi connectivity index (χ3v) is 6.45. The van der Waals surface area contributed by atoms with Gasteiger partial charge in [-0.05, 0) is 49.9 Å². The smallest absolute Gasteiger partial charge is 0.326 e. The highest BCUT2D eigenvalue weighted by Crippen LogP contribution is 2.39. The normalized spacial score (nSPS) is 24.8. The predicted octanol–water partition coefficient (Wildman–Crippen LogP) is 3.71. The highest BCUT2D eigenvalue weighted by Gasteiger charge is 2.35. The molecule has 0 aliphatic carbocycles. The van der Waals surface area contributed by atoms with Crippen molar-refractivity contribution in [1.82, 2.24) is 14.5 Å². The molecule has 6 nitrogen and oxygen atoms in total. The van der Waals surface area contributed by atoms with E-state index in [0.29, 0.717) is 6.04 Å². The number of imidazole rings is 1. The van der Waals surface area contributed by atoms with Crippen molar-refractivity contribution in [2.45, 2.75) is 50.9 Å². The van der Waals surface area contributed by atoms with E-state index in [4.69, 9.17) is 9.47 Å². The Morgan fingerprint density at radius 2 is 2.00 bits per heavy atom. The van der Waals surface area contributed by atoms with E-state index in [-0.39, 0.29) is 18.0 Å². The van der Waals surface area contributed by atoms with Crippen LogP contribution < -0.4 is 15.2 Å². The van der Waals surface area contributed by atoms with Crippen LogP contribution in [0.4, 0.5) is 0 Å². The number of fused-ring (bicyclic) bond motifs is 2. The lowest BCUT2D eigenvalue weighted by Crippen LogP contribution is -2.51. The molecule has 1 saturated heterocycles. The van der Waals surface area contributed by atoms with Crippen molar-refractivity contribution in [2.24, 2.45) is 0 Å². The Labute approximate surface area is 170 Å². The second-order valence-corrected chi connectivity index (χ2v) is 8.14.